The van der Waals surface area contributed by atoms with Crippen molar-refractivity contribution >= 4 is 5.97 Å². The van der Waals surface area contributed by atoms with Crippen LogP contribution in [-0.4, -0.2) is 16.1 Å². The third-order valence-corrected chi connectivity index (χ3v) is 4.61. The molecule has 2 aromatic carbocycles. The first-order chi connectivity index (χ1) is 14.4. The molecule has 1 heterocycles. The van der Waals surface area contributed by atoms with E-state index in [0.29, 0.717) is 0 Å². The van der Waals surface area contributed by atoms with Crippen LogP contribution in [0, 0.1) is 0 Å². The molecule has 0 radical (unpaired) electrons. The zero-order valence-corrected chi connectivity index (χ0v) is 15.4. The second kappa shape index (κ2) is 7.93. The lowest BCUT2D eigenvalue weighted by atomic mass is 9.82. The van der Waals surface area contributed by atoms with E-state index in [4.69, 9.17) is 0 Å². The van der Waals surface area contributed by atoms with Gasteiger partial charge in [-0.1, -0.05) is 36.4 Å². The van der Waals surface area contributed by atoms with E-state index >= 15 is 0 Å². The quantitative estimate of drug-likeness (QED) is 0.541. The summed E-state index contributed by atoms with van der Waals surface area (Å²) in [6, 6.07) is 8.73. The first kappa shape index (κ1) is 22.1. The van der Waals surface area contributed by atoms with Gasteiger partial charge >= 0.3 is 18.3 Å². The average molecular weight is 441 g/mol. The highest BCUT2D eigenvalue weighted by Gasteiger charge is 2.34. The number of carbonyl (C=O) groups is 1. The molecule has 2 N–H and O–H groups in total. The number of pyridine rings is 1. The van der Waals surface area contributed by atoms with E-state index in [2.05, 4.69) is 4.98 Å². The fraction of sp³-hybridized carbons (Fsp3) is 0.143. The third kappa shape index (κ3) is 4.62. The van der Waals surface area contributed by atoms with E-state index in [1.807, 2.05) is 0 Å². The molecule has 1 aromatic heterocycles. The largest absolute Gasteiger partial charge is 0.477 e. The maximum atomic E-state index is 13.2. The highest BCUT2D eigenvalue weighted by Crippen LogP contribution is 2.39. The van der Waals surface area contributed by atoms with Crippen LogP contribution in [0.3, 0.4) is 0 Å². The van der Waals surface area contributed by atoms with Crippen LogP contribution >= 0.6 is 0 Å². The lowest BCUT2D eigenvalue weighted by molar-refractivity contribution is -0.138. The highest BCUT2D eigenvalue weighted by molar-refractivity contribution is 5.89. The normalized spacial score (nSPS) is 12.2. The van der Waals surface area contributed by atoms with Crippen LogP contribution in [0.2, 0.25) is 0 Å². The zero-order valence-electron chi connectivity index (χ0n) is 15.4. The summed E-state index contributed by atoms with van der Waals surface area (Å²) in [6.07, 6.45) is -8.39. The van der Waals surface area contributed by atoms with Gasteiger partial charge in [-0.2, -0.15) is 26.3 Å². The zero-order chi connectivity index (χ0) is 23.0. The number of benzene rings is 2. The van der Waals surface area contributed by atoms with Gasteiger partial charge in [0.25, 0.3) is 5.56 Å². The number of hydrogen-bond acceptors (Lipinski definition) is 2. The van der Waals surface area contributed by atoms with E-state index in [1.165, 1.54) is 12.1 Å². The minimum atomic E-state index is -4.74. The van der Waals surface area contributed by atoms with Crippen molar-refractivity contribution in [1.82, 2.24) is 4.98 Å². The molecule has 31 heavy (non-hydrogen) atoms. The minimum absolute atomic E-state index is 0.123. The number of halogens is 6. The molecule has 0 aliphatic heterocycles. The Kier molecular flexibility index (Phi) is 5.66. The Morgan fingerprint density at radius 2 is 1.32 bits per heavy atom. The predicted molar refractivity (Wildman–Crippen MR) is 97.9 cm³/mol. The second-order valence-electron chi connectivity index (χ2n) is 6.62. The van der Waals surface area contributed by atoms with Gasteiger partial charge in [0.05, 0.1) is 11.1 Å². The smallest absolute Gasteiger partial charge is 0.416 e. The van der Waals surface area contributed by atoms with Gasteiger partial charge in [0.1, 0.15) is 5.56 Å². The lowest BCUT2D eigenvalue weighted by Crippen LogP contribution is -2.22. The molecule has 0 atom stereocenters. The molecular weight excluding hydrogens is 428 g/mol. The Balaban J connectivity index is 2.34. The first-order valence-corrected chi connectivity index (χ1v) is 8.69. The number of aromatic nitrogens is 1. The molecule has 0 bridgehead atoms. The maximum Gasteiger partial charge on any atom is 0.416 e. The molecule has 0 unspecified atom stereocenters. The van der Waals surface area contributed by atoms with Crippen LogP contribution < -0.4 is 5.56 Å². The molecule has 0 saturated carbocycles. The Hall–Kier alpha value is -3.56. The van der Waals surface area contributed by atoms with E-state index in [-0.39, 0.29) is 16.7 Å². The van der Waals surface area contributed by atoms with Crippen LogP contribution in [0.4, 0.5) is 26.3 Å². The summed E-state index contributed by atoms with van der Waals surface area (Å²) in [4.78, 5) is 25.9. The van der Waals surface area contributed by atoms with Crippen molar-refractivity contribution in [2.75, 3.05) is 0 Å². The Morgan fingerprint density at radius 1 is 0.839 bits per heavy atom. The van der Waals surface area contributed by atoms with Gasteiger partial charge in [-0.15, -0.1) is 0 Å². The van der Waals surface area contributed by atoms with Crippen molar-refractivity contribution in [1.29, 1.82) is 0 Å². The van der Waals surface area contributed by atoms with Gasteiger partial charge in [-0.3, -0.25) is 4.79 Å². The standard InChI is InChI=1S/C21H13F6NO3/c22-20(23,24)13-5-1-3-11(9-13)16(12-4-2-6-14(10-12)21(25,26)27)15-7-8-28-18(29)17(15)19(30)31/h1-10,16H,(H,28,29)(H,30,31). The number of carboxylic acid groups (broad SMARTS) is 1. The topological polar surface area (TPSA) is 70.2 Å². The second-order valence-corrected chi connectivity index (χ2v) is 6.62. The van der Waals surface area contributed by atoms with Crippen molar-refractivity contribution in [2.24, 2.45) is 0 Å². The third-order valence-electron chi connectivity index (χ3n) is 4.61. The lowest BCUT2D eigenvalue weighted by Gasteiger charge is -2.22. The Bertz CT molecular complexity index is 1120. The van der Waals surface area contributed by atoms with Gasteiger partial charge in [-0.05, 0) is 34.9 Å². The molecular formula is C21H13F6NO3. The molecule has 0 spiro atoms. The van der Waals surface area contributed by atoms with Crippen molar-refractivity contribution in [2.45, 2.75) is 18.3 Å². The first-order valence-electron chi connectivity index (χ1n) is 8.69. The summed E-state index contributed by atoms with van der Waals surface area (Å²) < 4.78 is 79.4. The van der Waals surface area contributed by atoms with Crippen molar-refractivity contribution in [3.63, 3.8) is 0 Å². The summed E-state index contributed by atoms with van der Waals surface area (Å²) in [5.74, 6) is -3.04. The fourth-order valence-electron chi connectivity index (χ4n) is 3.30. The SMILES string of the molecule is O=C(O)c1c(C(c2cccc(C(F)(F)F)c2)c2cccc(C(F)(F)F)c2)cc[nH]c1=O. The average Bonchev–Trinajstić information content (AvgIpc) is 2.67. The number of aromatic carboxylic acids is 1. The number of H-pyrrole nitrogens is 1. The minimum Gasteiger partial charge on any atom is -0.477 e. The van der Waals surface area contributed by atoms with Crippen molar-refractivity contribution in [3.05, 3.63) is 105 Å². The van der Waals surface area contributed by atoms with Crippen LogP contribution in [0.25, 0.3) is 0 Å². The van der Waals surface area contributed by atoms with E-state index in [1.54, 1.807) is 0 Å². The van der Waals surface area contributed by atoms with Gasteiger partial charge in [0, 0.05) is 12.1 Å². The number of hydrogen-bond donors (Lipinski definition) is 2. The molecule has 4 nitrogen and oxygen atoms in total. The van der Waals surface area contributed by atoms with Gasteiger partial charge < -0.3 is 10.1 Å². The fourth-order valence-corrected chi connectivity index (χ4v) is 3.30. The Morgan fingerprint density at radius 3 is 1.74 bits per heavy atom. The van der Waals surface area contributed by atoms with E-state index in [9.17, 15) is 41.0 Å². The highest BCUT2D eigenvalue weighted by atomic mass is 19.4. The van der Waals surface area contributed by atoms with E-state index in [0.717, 1.165) is 48.7 Å². The van der Waals surface area contributed by atoms with Gasteiger partial charge in [0.15, 0.2) is 0 Å². The summed E-state index contributed by atoms with van der Waals surface area (Å²) in [7, 11) is 0. The van der Waals surface area contributed by atoms with Crippen LogP contribution in [0.15, 0.2) is 65.6 Å². The molecule has 0 amide bonds. The summed E-state index contributed by atoms with van der Waals surface area (Å²) in [5.41, 5.74) is -4.43. The number of carboxylic acids is 1. The summed E-state index contributed by atoms with van der Waals surface area (Å²) in [5, 5.41) is 9.48. The number of aromatic amines is 1. The summed E-state index contributed by atoms with van der Waals surface area (Å²) >= 11 is 0. The monoisotopic (exact) mass is 441 g/mol. The summed E-state index contributed by atoms with van der Waals surface area (Å²) in [6.45, 7) is 0. The molecule has 0 saturated heterocycles. The van der Waals surface area contributed by atoms with Crippen LogP contribution in [0.5, 0.6) is 0 Å². The van der Waals surface area contributed by atoms with E-state index < -0.39 is 46.5 Å². The van der Waals surface area contributed by atoms with Gasteiger partial charge in [-0.25, -0.2) is 4.79 Å². The molecule has 0 aliphatic rings. The molecule has 3 rings (SSSR count). The van der Waals surface area contributed by atoms with Crippen molar-refractivity contribution in [3.8, 4) is 0 Å². The molecule has 0 aliphatic carbocycles. The van der Waals surface area contributed by atoms with Gasteiger partial charge in [0.2, 0.25) is 0 Å². The molecule has 3 aromatic rings. The van der Waals surface area contributed by atoms with Crippen LogP contribution in [0.1, 0.15) is 44.1 Å². The Labute approximate surface area is 170 Å². The van der Waals surface area contributed by atoms with Crippen LogP contribution in [-0.2, 0) is 12.4 Å². The number of alkyl halides is 6. The number of nitrogens with one attached hydrogen (secondary N) is 1. The maximum absolute atomic E-state index is 13.2. The molecule has 162 valence electrons. The number of rotatable bonds is 4. The molecule has 0 fully saturated rings. The predicted octanol–water partition coefficient (Wildman–Crippen LogP) is 5.29. The van der Waals surface area contributed by atoms with Crippen molar-refractivity contribution < 1.29 is 36.2 Å². The molecule has 10 heteroatoms.